The van der Waals surface area contributed by atoms with Crippen molar-refractivity contribution in [3.63, 3.8) is 0 Å². The van der Waals surface area contributed by atoms with Crippen molar-refractivity contribution in [1.29, 1.82) is 0 Å². The lowest BCUT2D eigenvalue weighted by Crippen LogP contribution is -2.46. The monoisotopic (exact) mass is 537 g/mol. The van der Waals surface area contributed by atoms with Gasteiger partial charge in [0.05, 0.1) is 0 Å². The highest BCUT2D eigenvalue weighted by Crippen LogP contribution is 2.16. The van der Waals surface area contributed by atoms with E-state index in [9.17, 15) is 4.39 Å². The minimum Gasteiger partial charge on any atom is -0.356 e. The van der Waals surface area contributed by atoms with Crippen molar-refractivity contribution in [3.8, 4) is 0 Å². The lowest BCUT2D eigenvalue weighted by atomic mass is 10.1. The number of hydrogen-bond donors (Lipinski definition) is 2. The summed E-state index contributed by atoms with van der Waals surface area (Å²) in [6, 6.07) is 5.01. The van der Waals surface area contributed by atoms with Gasteiger partial charge in [0, 0.05) is 52.1 Å². The maximum Gasteiger partial charge on any atom is 0.191 e. The molecule has 0 spiro atoms. The third-order valence-corrected chi connectivity index (χ3v) is 5.84. The van der Waals surface area contributed by atoms with Crippen molar-refractivity contribution in [1.82, 2.24) is 20.4 Å². The molecule has 1 aliphatic heterocycles. The highest BCUT2D eigenvalue weighted by molar-refractivity contribution is 14.0. The number of nitrogens with zero attached hydrogens (tertiary/aromatic N) is 3. The Labute approximate surface area is 197 Å². The van der Waals surface area contributed by atoms with E-state index in [4.69, 9.17) is 0 Å². The van der Waals surface area contributed by atoms with Gasteiger partial charge in [0.25, 0.3) is 0 Å². The second kappa shape index (κ2) is 15.3. The van der Waals surface area contributed by atoms with Gasteiger partial charge in [0.2, 0.25) is 0 Å². The van der Waals surface area contributed by atoms with Gasteiger partial charge in [-0.3, -0.25) is 4.99 Å². The quantitative estimate of drug-likeness (QED) is 0.207. The van der Waals surface area contributed by atoms with Crippen LogP contribution in [0.25, 0.3) is 0 Å². The number of rotatable bonds is 10. The van der Waals surface area contributed by atoms with Crippen molar-refractivity contribution in [2.75, 3.05) is 59.1 Å². The summed E-state index contributed by atoms with van der Waals surface area (Å²) >= 11 is 1.70. The Kier molecular flexibility index (Phi) is 13.9. The van der Waals surface area contributed by atoms with Crippen LogP contribution < -0.4 is 10.6 Å². The first-order valence-electron chi connectivity index (χ1n) is 10.3. The maximum atomic E-state index is 13.5. The number of thioether (sulfide) groups is 1. The van der Waals surface area contributed by atoms with E-state index in [-0.39, 0.29) is 29.8 Å². The zero-order valence-electron chi connectivity index (χ0n) is 18.0. The fourth-order valence-electron chi connectivity index (χ4n) is 3.45. The van der Waals surface area contributed by atoms with E-state index >= 15 is 0 Å². The molecular weight excluding hydrogens is 500 g/mol. The minimum absolute atomic E-state index is 0. The van der Waals surface area contributed by atoms with Crippen LogP contribution in [0.3, 0.4) is 0 Å². The molecule has 1 fully saturated rings. The van der Waals surface area contributed by atoms with Crippen LogP contribution in [0.2, 0.25) is 0 Å². The molecule has 5 nitrogen and oxygen atoms in total. The van der Waals surface area contributed by atoms with Crippen LogP contribution in [0.4, 0.5) is 4.39 Å². The standard InChI is InChI=1S/C21H36FN5S.HI/c1-4-26-11-13-27(14-12-26)10-6-5-9-24-21(23-2)25-16-18-7-8-20(22)15-19(18)17-28-3;/h7-8,15H,4-6,9-14,16-17H2,1-3H3,(H2,23,24,25);1H. The second-order valence-electron chi connectivity index (χ2n) is 7.18. The van der Waals surface area contributed by atoms with Gasteiger partial charge in [-0.05, 0) is 55.4 Å². The summed E-state index contributed by atoms with van der Waals surface area (Å²) in [5, 5.41) is 6.74. The van der Waals surface area contributed by atoms with Crippen molar-refractivity contribution >= 4 is 41.7 Å². The predicted octanol–water partition coefficient (Wildman–Crippen LogP) is 3.39. The molecule has 8 heteroatoms. The fraction of sp³-hybridized carbons (Fsp3) is 0.667. The molecule has 2 N–H and O–H groups in total. The van der Waals surface area contributed by atoms with Crippen LogP contribution in [-0.2, 0) is 12.3 Å². The average molecular weight is 538 g/mol. The summed E-state index contributed by atoms with van der Waals surface area (Å²) in [5.74, 6) is 1.44. The van der Waals surface area contributed by atoms with Crippen molar-refractivity contribution in [3.05, 3.63) is 35.1 Å². The molecule has 2 rings (SSSR count). The Morgan fingerprint density at radius 1 is 1.10 bits per heavy atom. The zero-order chi connectivity index (χ0) is 20.2. The van der Waals surface area contributed by atoms with Gasteiger partial charge in [-0.1, -0.05) is 13.0 Å². The van der Waals surface area contributed by atoms with E-state index in [0.717, 1.165) is 35.8 Å². The van der Waals surface area contributed by atoms with Crippen LogP contribution in [0.15, 0.2) is 23.2 Å². The van der Waals surface area contributed by atoms with Crippen LogP contribution >= 0.6 is 35.7 Å². The molecule has 0 radical (unpaired) electrons. The predicted molar refractivity (Wildman–Crippen MR) is 135 cm³/mol. The number of guanidine groups is 1. The molecule has 0 aliphatic carbocycles. The van der Waals surface area contributed by atoms with Gasteiger partial charge in [-0.25, -0.2) is 4.39 Å². The molecule has 1 aromatic carbocycles. The fourth-order valence-corrected chi connectivity index (χ4v) is 4.03. The molecule has 1 heterocycles. The molecule has 0 aromatic heterocycles. The molecule has 29 heavy (non-hydrogen) atoms. The lowest BCUT2D eigenvalue weighted by molar-refractivity contribution is 0.136. The normalized spacial score (nSPS) is 15.8. The van der Waals surface area contributed by atoms with Crippen molar-refractivity contribution in [2.24, 2.45) is 4.99 Å². The zero-order valence-corrected chi connectivity index (χ0v) is 21.2. The Morgan fingerprint density at radius 3 is 2.48 bits per heavy atom. The summed E-state index contributed by atoms with van der Waals surface area (Å²) in [5.41, 5.74) is 2.16. The molecule has 1 aromatic rings. The number of aliphatic imine (C=N–C) groups is 1. The topological polar surface area (TPSA) is 42.9 Å². The van der Waals surface area contributed by atoms with E-state index in [1.165, 1.54) is 51.8 Å². The van der Waals surface area contributed by atoms with Gasteiger partial charge in [-0.2, -0.15) is 11.8 Å². The number of unbranched alkanes of at least 4 members (excludes halogenated alkanes) is 1. The smallest absolute Gasteiger partial charge is 0.191 e. The van der Waals surface area contributed by atoms with E-state index in [1.807, 2.05) is 12.3 Å². The Morgan fingerprint density at radius 2 is 1.83 bits per heavy atom. The number of nitrogens with one attached hydrogen (secondary N) is 2. The summed E-state index contributed by atoms with van der Waals surface area (Å²) in [7, 11) is 1.79. The third-order valence-electron chi connectivity index (χ3n) is 5.24. The highest BCUT2D eigenvalue weighted by Gasteiger charge is 2.14. The van der Waals surface area contributed by atoms with Gasteiger partial charge >= 0.3 is 0 Å². The maximum absolute atomic E-state index is 13.5. The highest BCUT2D eigenvalue weighted by atomic mass is 127. The average Bonchev–Trinajstić information content (AvgIpc) is 2.72. The first kappa shape index (κ1) is 26.5. The molecule has 0 saturated carbocycles. The molecule has 0 bridgehead atoms. The number of halogens is 2. The Bertz CT molecular complexity index is 609. The van der Waals surface area contributed by atoms with E-state index in [0.29, 0.717) is 6.54 Å². The summed E-state index contributed by atoms with van der Waals surface area (Å²) in [6.45, 7) is 10.9. The molecule has 1 saturated heterocycles. The Balaban J connectivity index is 0.00000420. The van der Waals surface area contributed by atoms with E-state index in [2.05, 4.69) is 32.3 Å². The van der Waals surface area contributed by atoms with Crippen molar-refractivity contribution < 1.29 is 4.39 Å². The van der Waals surface area contributed by atoms with E-state index in [1.54, 1.807) is 24.9 Å². The lowest BCUT2D eigenvalue weighted by Gasteiger charge is -2.34. The van der Waals surface area contributed by atoms with Crippen molar-refractivity contribution in [2.45, 2.75) is 32.1 Å². The summed E-state index contributed by atoms with van der Waals surface area (Å²) in [6.07, 6.45) is 4.36. The molecule has 0 unspecified atom stereocenters. The number of benzene rings is 1. The Hall–Kier alpha value is -0.580. The molecule has 1 aliphatic rings. The van der Waals surface area contributed by atoms with Crippen LogP contribution in [-0.4, -0.2) is 74.9 Å². The summed E-state index contributed by atoms with van der Waals surface area (Å²) < 4.78 is 13.5. The third kappa shape index (κ3) is 9.85. The number of hydrogen-bond acceptors (Lipinski definition) is 4. The van der Waals surface area contributed by atoms with Crippen LogP contribution in [0, 0.1) is 5.82 Å². The SMILES string of the molecule is CCN1CCN(CCCCNC(=NC)NCc2ccc(F)cc2CSC)CC1.I. The first-order valence-corrected chi connectivity index (χ1v) is 11.7. The van der Waals surface area contributed by atoms with Gasteiger partial charge in [0.15, 0.2) is 5.96 Å². The number of piperazine rings is 1. The minimum atomic E-state index is -0.175. The molecule has 0 amide bonds. The van der Waals surface area contributed by atoms with Crippen LogP contribution in [0.5, 0.6) is 0 Å². The molecular formula is C21H37FIN5S. The summed E-state index contributed by atoms with van der Waals surface area (Å²) in [4.78, 5) is 9.38. The van der Waals surface area contributed by atoms with Gasteiger partial charge < -0.3 is 20.4 Å². The number of likely N-dealkylation sites (N-methyl/N-ethyl adjacent to an activating group) is 1. The van der Waals surface area contributed by atoms with E-state index < -0.39 is 0 Å². The van der Waals surface area contributed by atoms with Crippen LogP contribution in [0.1, 0.15) is 30.9 Å². The van der Waals surface area contributed by atoms with Gasteiger partial charge in [0.1, 0.15) is 5.82 Å². The van der Waals surface area contributed by atoms with Gasteiger partial charge in [-0.15, -0.1) is 24.0 Å². The molecule has 0 atom stereocenters. The largest absolute Gasteiger partial charge is 0.356 e. The first-order chi connectivity index (χ1) is 13.7. The molecule has 166 valence electrons. The second-order valence-corrected chi connectivity index (χ2v) is 8.05.